The van der Waals surface area contributed by atoms with Gasteiger partial charge in [0.15, 0.2) is 0 Å². The highest BCUT2D eigenvalue weighted by atomic mass is 35.5. The van der Waals surface area contributed by atoms with Crippen molar-refractivity contribution in [3.8, 4) is 0 Å². The van der Waals surface area contributed by atoms with Gasteiger partial charge in [0.05, 0.1) is 11.2 Å². The Morgan fingerprint density at radius 3 is 2.79 bits per heavy atom. The Kier molecular flexibility index (Phi) is 6.36. The minimum Gasteiger partial charge on any atom is -0.378 e. The lowest BCUT2D eigenvalue weighted by molar-refractivity contribution is -0.121. The minimum atomic E-state index is -0.0702. The predicted octanol–water partition coefficient (Wildman–Crippen LogP) is 3.05. The molecule has 1 aromatic rings. The van der Waals surface area contributed by atoms with Crippen molar-refractivity contribution in [1.29, 1.82) is 0 Å². The van der Waals surface area contributed by atoms with E-state index in [2.05, 4.69) is 10.5 Å². The monoisotopic (exact) mass is 281 g/mol. The van der Waals surface area contributed by atoms with Gasteiger partial charge in [0.2, 0.25) is 5.91 Å². The van der Waals surface area contributed by atoms with Crippen molar-refractivity contribution in [1.82, 2.24) is 5.43 Å². The molecule has 0 radical (unpaired) electrons. The number of hydrazone groups is 1. The van der Waals surface area contributed by atoms with E-state index in [9.17, 15) is 4.79 Å². The highest BCUT2D eigenvalue weighted by molar-refractivity contribution is 6.33. The van der Waals surface area contributed by atoms with E-state index in [4.69, 9.17) is 11.6 Å². The first-order chi connectivity index (χ1) is 9.04. The number of anilines is 1. The summed E-state index contributed by atoms with van der Waals surface area (Å²) in [7, 11) is 3.90. The molecular weight excluding hydrogens is 262 g/mol. The van der Waals surface area contributed by atoms with Gasteiger partial charge < -0.3 is 4.90 Å². The number of amides is 1. The summed E-state index contributed by atoms with van der Waals surface area (Å²) >= 11 is 6.14. The molecule has 0 atom stereocenters. The first kappa shape index (κ1) is 15.5. The Labute approximate surface area is 119 Å². The summed E-state index contributed by atoms with van der Waals surface area (Å²) in [4.78, 5) is 13.3. The molecule has 0 spiro atoms. The number of rotatable bonds is 6. The van der Waals surface area contributed by atoms with Crippen molar-refractivity contribution < 1.29 is 4.79 Å². The molecule has 5 heteroatoms. The Hall–Kier alpha value is -1.55. The van der Waals surface area contributed by atoms with E-state index in [-0.39, 0.29) is 5.91 Å². The van der Waals surface area contributed by atoms with Gasteiger partial charge in [-0.25, -0.2) is 5.43 Å². The molecule has 0 aliphatic heterocycles. The van der Waals surface area contributed by atoms with Crippen LogP contribution < -0.4 is 10.3 Å². The first-order valence-electron chi connectivity index (χ1n) is 6.33. The fourth-order valence-corrected chi connectivity index (χ4v) is 1.69. The highest BCUT2D eigenvalue weighted by Gasteiger charge is 2.02. The van der Waals surface area contributed by atoms with E-state index in [1.54, 1.807) is 6.21 Å². The fraction of sp³-hybridized carbons (Fsp3) is 0.429. The molecule has 0 fully saturated rings. The number of halogens is 1. The Balaban J connectivity index is 2.60. The lowest BCUT2D eigenvalue weighted by Gasteiger charge is -2.12. The van der Waals surface area contributed by atoms with Crippen LogP contribution in [0, 0.1) is 0 Å². The Bertz CT molecular complexity index is 458. The van der Waals surface area contributed by atoms with Gasteiger partial charge in [0, 0.05) is 31.8 Å². The topological polar surface area (TPSA) is 44.7 Å². The third-order valence-electron chi connectivity index (χ3n) is 2.65. The van der Waals surface area contributed by atoms with Crippen LogP contribution >= 0.6 is 11.6 Å². The third-order valence-corrected chi connectivity index (χ3v) is 2.98. The van der Waals surface area contributed by atoms with Gasteiger partial charge in [-0.15, -0.1) is 0 Å². The zero-order valence-electron chi connectivity index (χ0n) is 11.6. The van der Waals surface area contributed by atoms with Crippen molar-refractivity contribution >= 4 is 29.4 Å². The van der Waals surface area contributed by atoms with Crippen molar-refractivity contribution in [2.45, 2.75) is 26.2 Å². The number of benzene rings is 1. The fourth-order valence-electron chi connectivity index (χ4n) is 1.47. The van der Waals surface area contributed by atoms with Gasteiger partial charge in [0.1, 0.15) is 0 Å². The number of carbonyl (C=O) groups excluding carboxylic acids is 1. The summed E-state index contributed by atoms with van der Waals surface area (Å²) in [6.07, 6.45) is 3.93. The summed E-state index contributed by atoms with van der Waals surface area (Å²) in [5.41, 5.74) is 4.29. The summed E-state index contributed by atoms with van der Waals surface area (Å²) in [6, 6.07) is 5.69. The molecule has 104 valence electrons. The summed E-state index contributed by atoms with van der Waals surface area (Å²) in [5.74, 6) is -0.0702. The SMILES string of the molecule is CCCCC(=O)NN=Cc1ccc(N(C)C)cc1Cl. The normalized spacial score (nSPS) is 10.7. The van der Waals surface area contributed by atoms with Gasteiger partial charge in [-0.05, 0) is 24.6 Å². The van der Waals surface area contributed by atoms with Crippen LogP contribution in [0.4, 0.5) is 5.69 Å². The van der Waals surface area contributed by atoms with Crippen LogP contribution in [0.1, 0.15) is 31.7 Å². The zero-order valence-corrected chi connectivity index (χ0v) is 12.4. The molecular formula is C14H20ClN3O. The van der Waals surface area contributed by atoms with Gasteiger partial charge in [-0.3, -0.25) is 4.79 Å². The molecule has 1 N–H and O–H groups in total. The largest absolute Gasteiger partial charge is 0.378 e. The van der Waals surface area contributed by atoms with Crippen LogP contribution in [-0.2, 0) is 4.79 Å². The molecule has 19 heavy (non-hydrogen) atoms. The maximum absolute atomic E-state index is 11.4. The summed E-state index contributed by atoms with van der Waals surface area (Å²) < 4.78 is 0. The second-order valence-electron chi connectivity index (χ2n) is 4.50. The molecule has 0 bridgehead atoms. The van der Waals surface area contributed by atoms with Crippen molar-refractivity contribution in [3.63, 3.8) is 0 Å². The van der Waals surface area contributed by atoms with Crippen LogP contribution in [0.25, 0.3) is 0 Å². The average Bonchev–Trinajstić information content (AvgIpc) is 2.38. The van der Waals surface area contributed by atoms with Gasteiger partial charge in [-0.1, -0.05) is 24.9 Å². The number of hydrogen-bond donors (Lipinski definition) is 1. The molecule has 0 heterocycles. The number of nitrogens with one attached hydrogen (secondary N) is 1. The van der Waals surface area contributed by atoms with Crippen LogP contribution in [0.5, 0.6) is 0 Å². The molecule has 1 rings (SSSR count). The van der Waals surface area contributed by atoms with Gasteiger partial charge in [-0.2, -0.15) is 5.10 Å². The van der Waals surface area contributed by atoms with E-state index >= 15 is 0 Å². The molecule has 0 aliphatic carbocycles. The Morgan fingerprint density at radius 2 is 2.21 bits per heavy atom. The Morgan fingerprint density at radius 1 is 1.47 bits per heavy atom. The van der Waals surface area contributed by atoms with Gasteiger partial charge in [0.25, 0.3) is 0 Å². The predicted molar refractivity (Wildman–Crippen MR) is 81.0 cm³/mol. The maximum Gasteiger partial charge on any atom is 0.240 e. The number of carbonyl (C=O) groups is 1. The van der Waals surface area contributed by atoms with Gasteiger partial charge >= 0.3 is 0 Å². The van der Waals surface area contributed by atoms with E-state index in [0.717, 1.165) is 24.1 Å². The molecule has 4 nitrogen and oxygen atoms in total. The smallest absolute Gasteiger partial charge is 0.240 e. The number of nitrogens with zero attached hydrogens (tertiary/aromatic N) is 2. The average molecular weight is 282 g/mol. The highest BCUT2D eigenvalue weighted by Crippen LogP contribution is 2.21. The zero-order chi connectivity index (χ0) is 14.3. The minimum absolute atomic E-state index is 0.0702. The van der Waals surface area contributed by atoms with Crippen LogP contribution in [-0.4, -0.2) is 26.2 Å². The van der Waals surface area contributed by atoms with E-state index < -0.39 is 0 Å². The van der Waals surface area contributed by atoms with Crippen molar-refractivity contribution in [3.05, 3.63) is 28.8 Å². The van der Waals surface area contributed by atoms with Crippen LogP contribution in [0.15, 0.2) is 23.3 Å². The quantitative estimate of drug-likeness (QED) is 0.643. The second kappa shape index (κ2) is 7.79. The van der Waals surface area contributed by atoms with E-state index in [0.29, 0.717) is 11.4 Å². The molecule has 0 aromatic heterocycles. The molecule has 0 aliphatic rings. The summed E-state index contributed by atoms with van der Waals surface area (Å²) in [5, 5.41) is 4.52. The molecule has 1 aromatic carbocycles. The maximum atomic E-state index is 11.4. The first-order valence-corrected chi connectivity index (χ1v) is 6.71. The van der Waals surface area contributed by atoms with E-state index in [1.807, 2.05) is 44.1 Å². The molecule has 0 saturated carbocycles. The van der Waals surface area contributed by atoms with Crippen molar-refractivity contribution in [2.24, 2.45) is 5.10 Å². The summed E-state index contributed by atoms with van der Waals surface area (Å²) in [6.45, 7) is 2.04. The van der Waals surface area contributed by atoms with E-state index in [1.165, 1.54) is 0 Å². The standard InChI is InChI=1S/C14H20ClN3O/c1-4-5-6-14(19)17-16-10-11-7-8-12(18(2)3)9-13(11)15/h7-10H,4-6H2,1-3H3,(H,17,19). The van der Waals surface area contributed by atoms with Crippen molar-refractivity contribution in [2.75, 3.05) is 19.0 Å². The van der Waals surface area contributed by atoms with Crippen LogP contribution in [0.3, 0.4) is 0 Å². The number of unbranched alkanes of at least 4 members (excludes halogenated alkanes) is 1. The lowest BCUT2D eigenvalue weighted by Crippen LogP contribution is -2.16. The molecule has 1 amide bonds. The van der Waals surface area contributed by atoms with Crippen LogP contribution in [0.2, 0.25) is 5.02 Å². The molecule has 0 unspecified atom stereocenters. The second-order valence-corrected chi connectivity index (χ2v) is 4.90. The third kappa shape index (κ3) is 5.30. The molecule has 0 saturated heterocycles. The lowest BCUT2D eigenvalue weighted by atomic mass is 10.2. The number of hydrogen-bond acceptors (Lipinski definition) is 3.